The summed E-state index contributed by atoms with van der Waals surface area (Å²) in [6.07, 6.45) is 6.35. The number of ketones is 1. The molecule has 36 heavy (non-hydrogen) atoms. The Bertz CT molecular complexity index is 1170. The van der Waals surface area contributed by atoms with Crippen LogP contribution in [0.25, 0.3) is 0 Å². The van der Waals surface area contributed by atoms with Crippen molar-refractivity contribution in [3.63, 3.8) is 0 Å². The molecule has 5 rings (SSSR count). The van der Waals surface area contributed by atoms with Gasteiger partial charge in [0.1, 0.15) is 12.0 Å². The number of benzene rings is 2. The van der Waals surface area contributed by atoms with Crippen molar-refractivity contribution < 1.29 is 14.3 Å². The molecule has 0 N–H and O–H groups in total. The van der Waals surface area contributed by atoms with Crippen LogP contribution in [0.15, 0.2) is 70.9 Å². The van der Waals surface area contributed by atoms with Gasteiger partial charge < -0.3 is 9.64 Å². The van der Waals surface area contributed by atoms with E-state index in [0.29, 0.717) is 18.4 Å². The highest BCUT2D eigenvalue weighted by atomic mass is 16.5. The average molecular weight is 485 g/mol. The second-order valence-corrected chi connectivity index (χ2v) is 10.7. The number of rotatable bonds is 5. The lowest BCUT2D eigenvalue weighted by molar-refractivity contribution is -0.153. The van der Waals surface area contributed by atoms with E-state index in [1.54, 1.807) is 0 Å². The number of carbonyl (C=O) groups excluding carboxylic acids is 2. The molecule has 2 aromatic rings. The zero-order valence-electron chi connectivity index (χ0n) is 21.6. The first-order valence-electron chi connectivity index (χ1n) is 13.3. The molecule has 5 heteroatoms. The van der Waals surface area contributed by atoms with E-state index in [9.17, 15) is 9.59 Å². The van der Waals surface area contributed by atoms with Crippen molar-refractivity contribution in [3.05, 3.63) is 77.0 Å². The summed E-state index contributed by atoms with van der Waals surface area (Å²) in [7, 11) is 4.01. The molecule has 1 heterocycles. The van der Waals surface area contributed by atoms with Crippen LogP contribution in [0.4, 0.5) is 5.69 Å². The molecule has 3 aliphatic rings. The van der Waals surface area contributed by atoms with Gasteiger partial charge in [-0.1, -0.05) is 48.9 Å². The molecule has 0 amide bonds. The maximum Gasteiger partial charge on any atom is 0.315 e. The molecule has 188 valence electrons. The zero-order chi connectivity index (χ0) is 25.2. The number of Topliss-reactive ketones (excluding diaryl/α,β-unsaturated/α-hetero) is 1. The summed E-state index contributed by atoms with van der Waals surface area (Å²) in [4.78, 5) is 34.4. The summed E-state index contributed by atoms with van der Waals surface area (Å²) in [5.74, 6) is -0.980. The Morgan fingerprint density at radius 2 is 1.61 bits per heavy atom. The predicted octanol–water partition coefficient (Wildman–Crippen LogP) is 6.20. The summed E-state index contributed by atoms with van der Waals surface area (Å²) in [5.41, 5.74) is 5.50. The van der Waals surface area contributed by atoms with E-state index in [4.69, 9.17) is 9.73 Å². The van der Waals surface area contributed by atoms with Gasteiger partial charge in [-0.05, 0) is 68.2 Å². The number of hydrogen-bond acceptors (Lipinski definition) is 5. The van der Waals surface area contributed by atoms with Crippen molar-refractivity contribution in [2.45, 2.75) is 69.8 Å². The van der Waals surface area contributed by atoms with Crippen LogP contribution < -0.4 is 4.90 Å². The molecule has 0 spiro atoms. The van der Waals surface area contributed by atoms with Crippen molar-refractivity contribution in [2.75, 3.05) is 19.0 Å². The highest BCUT2D eigenvalue weighted by Gasteiger charge is 2.45. The fraction of sp³-hybridized carbons (Fsp3) is 0.452. The van der Waals surface area contributed by atoms with E-state index >= 15 is 0 Å². The van der Waals surface area contributed by atoms with E-state index in [2.05, 4.69) is 36.4 Å². The van der Waals surface area contributed by atoms with Crippen molar-refractivity contribution >= 4 is 23.2 Å². The molecule has 1 unspecified atom stereocenters. The second-order valence-electron chi connectivity index (χ2n) is 10.7. The maximum absolute atomic E-state index is 13.7. The number of hydrogen-bond donors (Lipinski definition) is 0. The normalized spacial score (nSPS) is 24.7. The standard InChI is InChI=1S/C31H36N2O3/c1-20-28(31(35)36-25-12-8-5-9-13-25)29(22-14-16-24(17-15-22)33(2)3)30-26(32-20)18-23(19-27(30)34)21-10-6-4-7-11-21/h4,6-7,10-11,14-17,23,25,28-29H,5,8-9,12-13,18-19H2,1-3H3/t23-,28?,29+/m0/s1. The van der Waals surface area contributed by atoms with Crippen LogP contribution in [-0.4, -0.2) is 37.7 Å². The zero-order valence-corrected chi connectivity index (χ0v) is 21.6. The van der Waals surface area contributed by atoms with Gasteiger partial charge in [-0.2, -0.15) is 0 Å². The molecule has 1 saturated carbocycles. The summed E-state index contributed by atoms with van der Waals surface area (Å²) >= 11 is 0. The first-order chi connectivity index (χ1) is 17.4. The second kappa shape index (κ2) is 10.4. The topological polar surface area (TPSA) is 59.0 Å². The lowest BCUT2D eigenvalue weighted by Gasteiger charge is -2.37. The van der Waals surface area contributed by atoms with Gasteiger partial charge in [0.2, 0.25) is 0 Å². The van der Waals surface area contributed by atoms with Crippen molar-refractivity contribution in [2.24, 2.45) is 10.9 Å². The fourth-order valence-corrected chi connectivity index (χ4v) is 6.09. The smallest absolute Gasteiger partial charge is 0.315 e. The molecule has 2 aliphatic carbocycles. The minimum atomic E-state index is -0.576. The molecule has 0 saturated heterocycles. The number of carbonyl (C=O) groups is 2. The highest BCUT2D eigenvalue weighted by molar-refractivity contribution is 6.09. The van der Waals surface area contributed by atoms with Gasteiger partial charge in [0.15, 0.2) is 5.78 Å². The Hall–Kier alpha value is -3.21. The number of allylic oxidation sites excluding steroid dienone is 2. The van der Waals surface area contributed by atoms with E-state index in [1.165, 1.54) is 6.42 Å². The molecule has 2 aromatic carbocycles. The van der Waals surface area contributed by atoms with E-state index in [1.807, 2.05) is 44.1 Å². The summed E-state index contributed by atoms with van der Waals surface area (Å²) in [6, 6.07) is 18.4. The van der Waals surface area contributed by atoms with Gasteiger partial charge >= 0.3 is 5.97 Å². The molecule has 3 atom stereocenters. The predicted molar refractivity (Wildman–Crippen MR) is 144 cm³/mol. The van der Waals surface area contributed by atoms with Crippen molar-refractivity contribution in [1.29, 1.82) is 0 Å². The third kappa shape index (κ3) is 4.88. The highest BCUT2D eigenvalue weighted by Crippen LogP contribution is 2.47. The van der Waals surface area contributed by atoms with E-state index in [-0.39, 0.29) is 29.7 Å². The Labute approximate surface area is 214 Å². The minimum Gasteiger partial charge on any atom is -0.462 e. The molecule has 1 fully saturated rings. The van der Waals surface area contributed by atoms with Crippen LogP contribution in [0.2, 0.25) is 0 Å². The quantitative estimate of drug-likeness (QED) is 0.474. The van der Waals surface area contributed by atoms with E-state index in [0.717, 1.165) is 53.9 Å². The Balaban J connectivity index is 1.53. The Morgan fingerprint density at radius 1 is 0.917 bits per heavy atom. The van der Waals surface area contributed by atoms with Crippen LogP contribution in [0.5, 0.6) is 0 Å². The van der Waals surface area contributed by atoms with Gasteiger partial charge in [0.05, 0.1) is 0 Å². The monoisotopic (exact) mass is 484 g/mol. The van der Waals surface area contributed by atoms with Gasteiger partial charge in [-0.25, -0.2) is 0 Å². The number of anilines is 1. The van der Waals surface area contributed by atoms with Gasteiger partial charge in [0, 0.05) is 49.1 Å². The van der Waals surface area contributed by atoms with Gasteiger partial charge in [-0.3, -0.25) is 14.6 Å². The first kappa shape index (κ1) is 24.5. The lowest BCUT2D eigenvalue weighted by Crippen LogP contribution is -2.39. The minimum absolute atomic E-state index is 0.0317. The van der Waals surface area contributed by atoms with Crippen LogP contribution in [0, 0.1) is 5.92 Å². The number of esters is 1. The number of nitrogens with zero attached hydrogens (tertiary/aromatic N) is 2. The maximum atomic E-state index is 13.7. The van der Waals surface area contributed by atoms with Crippen molar-refractivity contribution in [1.82, 2.24) is 0 Å². The number of aliphatic imine (C=N–C) groups is 1. The van der Waals surface area contributed by atoms with Crippen LogP contribution >= 0.6 is 0 Å². The fourth-order valence-electron chi connectivity index (χ4n) is 6.09. The van der Waals surface area contributed by atoms with Crippen LogP contribution in [0.3, 0.4) is 0 Å². The Morgan fingerprint density at radius 3 is 2.28 bits per heavy atom. The summed E-state index contributed by atoms with van der Waals surface area (Å²) in [6.45, 7) is 1.92. The molecule has 1 aliphatic heterocycles. The third-order valence-corrected chi connectivity index (χ3v) is 8.02. The third-order valence-electron chi connectivity index (χ3n) is 8.02. The van der Waals surface area contributed by atoms with Gasteiger partial charge in [-0.15, -0.1) is 0 Å². The van der Waals surface area contributed by atoms with Crippen LogP contribution in [-0.2, 0) is 14.3 Å². The molecular weight excluding hydrogens is 448 g/mol. The summed E-state index contributed by atoms with van der Waals surface area (Å²) in [5, 5.41) is 0. The molecular formula is C31H36N2O3. The SMILES string of the molecule is CC1=NC2=C(C(=O)C[C@@H](c3ccccc3)C2)[C@H](c2ccc(N(C)C)cc2)C1C(=O)OC1CCCCC1. The Kier molecular flexibility index (Phi) is 7.08. The largest absolute Gasteiger partial charge is 0.462 e. The molecule has 0 aromatic heterocycles. The summed E-state index contributed by atoms with van der Waals surface area (Å²) < 4.78 is 6.06. The van der Waals surface area contributed by atoms with E-state index < -0.39 is 5.92 Å². The molecule has 5 nitrogen and oxygen atoms in total. The van der Waals surface area contributed by atoms with Crippen LogP contribution in [0.1, 0.15) is 74.8 Å². The molecule has 0 radical (unpaired) electrons. The number of ether oxygens (including phenoxy) is 1. The molecule has 0 bridgehead atoms. The van der Waals surface area contributed by atoms with Crippen molar-refractivity contribution in [3.8, 4) is 0 Å². The average Bonchev–Trinajstić information content (AvgIpc) is 2.89. The first-order valence-corrected chi connectivity index (χ1v) is 13.3. The van der Waals surface area contributed by atoms with Gasteiger partial charge in [0.25, 0.3) is 0 Å². The lowest BCUT2D eigenvalue weighted by atomic mass is 9.69.